The molecule has 6 heteroatoms. The van der Waals surface area contributed by atoms with Crippen molar-refractivity contribution in [1.29, 1.82) is 0 Å². The highest BCUT2D eigenvalue weighted by molar-refractivity contribution is 6.04. The van der Waals surface area contributed by atoms with Crippen molar-refractivity contribution < 1.29 is 9.53 Å². The van der Waals surface area contributed by atoms with E-state index in [2.05, 4.69) is 45.7 Å². The molecule has 6 nitrogen and oxygen atoms in total. The standard InChI is InChI=1S/C29H24N4O2/c1-2-20-6-11-26-27(14-17-31-28(26)18-20)32-22-9-7-21(8-10-22)29(34)33-23-4-3-5-25(19-23)35-24-12-15-30-16-13-24/h3-19H,2H2,1H3,(H,31,32)(H,33,34). The maximum atomic E-state index is 12.8. The van der Waals surface area contributed by atoms with Crippen LogP contribution < -0.4 is 15.4 Å². The Labute approximate surface area is 203 Å². The Kier molecular flexibility index (Phi) is 6.35. The number of pyridine rings is 2. The van der Waals surface area contributed by atoms with Crippen molar-refractivity contribution in [2.75, 3.05) is 10.6 Å². The molecule has 1 amide bonds. The second-order valence-electron chi connectivity index (χ2n) is 8.03. The number of amides is 1. The van der Waals surface area contributed by atoms with Crippen molar-refractivity contribution in [3.8, 4) is 11.5 Å². The first-order chi connectivity index (χ1) is 17.2. The van der Waals surface area contributed by atoms with Gasteiger partial charge >= 0.3 is 0 Å². The van der Waals surface area contributed by atoms with E-state index in [1.807, 2.05) is 36.4 Å². The van der Waals surface area contributed by atoms with Gasteiger partial charge in [-0.2, -0.15) is 0 Å². The molecule has 0 saturated heterocycles. The summed E-state index contributed by atoms with van der Waals surface area (Å²) in [7, 11) is 0. The smallest absolute Gasteiger partial charge is 0.255 e. The van der Waals surface area contributed by atoms with E-state index in [9.17, 15) is 4.79 Å². The van der Waals surface area contributed by atoms with Gasteiger partial charge in [0, 0.05) is 52.7 Å². The van der Waals surface area contributed by atoms with Crippen molar-refractivity contribution >= 4 is 33.9 Å². The van der Waals surface area contributed by atoms with Gasteiger partial charge in [-0.05, 0) is 72.6 Å². The zero-order chi connectivity index (χ0) is 24.0. The van der Waals surface area contributed by atoms with E-state index in [1.54, 1.807) is 48.9 Å². The minimum atomic E-state index is -0.195. The molecule has 0 aliphatic rings. The first-order valence-corrected chi connectivity index (χ1v) is 11.4. The Balaban J connectivity index is 1.27. The zero-order valence-corrected chi connectivity index (χ0v) is 19.2. The Hall–Kier alpha value is -4.71. The Morgan fingerprint density at radius 3 is 2.46 bits per heavy atom. The van der Waals surface area contributed by atoms with E-state index in [0.717, 1.165) is 28.7 Å². The molecule has 0 bridgehead atoms. The molecular weight excluding hydrogens is 436 g/mol. The van der Waals surface area contributed by atoms with Crippen LogP contribution in [0.5, 0.6) is 11.5 Å². The highest BCUT2D eigenvalue weighted by Gasteiger charge is 2.09. The van der Waals surface area contributed by atoms with Crippen LogP contribution in [0.4, 0.5) is 17.1 Å². The van der Waals surface area contributed by atoms with E-state index in [-0.39, 0.29) is 5.91 Å². The predicted octanol–water partition coefficient (Wildman–Crippen LogP) is 6.98. The van der Waals surface area contributed by atoms with Crippen molar-refractivity contribution in [3.05, 3.63) is 115 Å². The lowest BCUT2D eigenvalue weighted by Gasteiger charge is -2.11. The number of rotatable bonds is 7. The molecule has 0 radical (unpaired) electrons. The summed E-state index contributed by atoms with van der Waals surface area (Å²) in [5, 5.41) is 7.42. The number of aryl methyl sites for hydroxylation is 1. The number of anilines is 3. The summed E-state index contributed by atoms with van der Waals surface area (Å²) < 4.78 is 5.82. The van der Waals surface area contributed by atoms with Crippen LogP contribution in [0, 0.1) is 0 Å². The summed E-state index contributed by atoms with van der Waals surface area (Å²) in [5.41, 5.74) is 5.29. The number of aromatic nitrogens is 2. The quantitative estimate of drug-likeness (QED) is 0.274. The molecule has 0 spiro atoms. The van der Waals surface area contributed by atoms with E-state index >= 15 is 0 Å². The first-order valence-electron chi connectivity index (χ1n) is 11.4. The van der Waals surface area contributed by atoms with Gasteiger partial charge in [0.2, 0.25) is 0 Å². The fraction of sp³-hybridized carbons (Fsp3) is 0.0690. The molecule has 35 heavy (non-hydrogen) atoms. The predicted molar refractivity (Wildman–Crippen MR) is 140 cm³/mol. The fourth-order valence-electron chi connectivity index (χ4n) is 3.77. The molecule has 0 unspecified atom stereocenters. The number of ether oxygens (including phenoxy) is 1. The number of nitrogens with one attached hydrogen (secondary N) is 2. The van der Waals surface area contributed by atoms with Crippen LogP contribution in [0.3, 0.4) is 0 Å². The van der Waals surface area contributed by atoms with E-state index in [4.69, 9.17) is 4.74 Å². The highest BCUT2D eigenvalue weighted by Crippen LogP contribution is 2.27. The van der Waals surface area contributed by atoms with Crippen molar-refractivity contribution in [2.24, 2.45) is 0 Å². The van der Waals surface area contributed by atoms with Crippen LogP contribution in [0.15, 0.2) is 104 Å². The van der Waals surface area contributed by atoms with Crippen LogP contribution >= 0.6 is 0 Å². The van der Waals surface area contributed by atoms with Gasteiger partial charge in [-0.25, -0.2) is 0 Å². The third-order valence-electron chi connectivity index (χ3n) is 5.62. The normalized spacial score (nSPS) is 10.7. The number of benzene rings is 3. The molecule has 2 heterocycles. The number of nitrogens with zero attached hydrogens (tertiary/aromatic N) is 2. The van der Waals surface area contributed by atoms with E-state index in [1.165, 1.54) is 5.56 Å². The summed E-state index contributed by atoms with van der Waals surface area (Å²) in [6.45, 7) is 2.13. The van der Waals surface area contributed by atoms with Gasteiger partial charge in [0.05, 0.1) is 5.52 Å². The van der Waals surface area contributed by atoms with Crippen LogP contribution in [0.1, 0.15) is 22.8 Å². The summed E-state index contributed by atoms with van der Waals surface area (Å²) >= 11 is 0. The van der Waals surface area contributed by atoms with Gasteiger partial charge in [0.1, 0.15) is 11.5 Å². The second kappa shape index (κ2) is 10.1. The molecule has 0 aliphatic heterocycles. The number of hydrogen-bond donors (Lipinski definition) is 2. The number of fused-ring (bicyclic) bond motifs is 1. The molecule has 0 atom stereocenters. The lowest BCUT2D eigenvalue weighted by atomic mass is 10.1. The van der Waals surface area contributed by atoms with Crippen LogP contribution in [-0.2, 0) is 6.42 Å². The van der Waals surface area contributed by atoms with Gasteiger partial charge in [0.25, 0.3) is 5.91 Å². The molecule has 5 aromatic rings. The van der Waals surface area contributed by atoms with E-state index < -0.39 is 0 Å². The summed E-state index contributed by atoms with van der Waals surface area (Å²) in [4.78, 5) is 21.3. The first kappa shape index (κ1) is 22.1. The topological polar surface area (TPSA) is 76.1 Å². The van der Waals surface area contributed by atoms with E-state index in [0.29, 0.717) is 22.7 Å². The highest BCUT2D eigenvalue weighted by atomic mass is 16.5. The summed E-state index contributed by atoms with van der Waals surface area (Å²) in [6, 6.07) is 26.5. The van der Waals surface area contributed by atoms with Gasteiger partial charge in [-0.3, -0.25) is 14.8 Å². The molecule has 0 saturated carbocycles. The lowest BCUT2D eigenvalue weighted by Crippen LogP contribution is -2.11. The molecular formula is C29H24N4O2. The Bertz CT molecular complexity index is 1470. The molecule has 0 fully saturated rings. The molecule has 0 aliphatic carbocycles. The lowest BCUT2D eigenvalue weighted by molar-refractivity contribution is 0.102. The fourth-order valence-corrected chi connectivity index (χ4v) is 3.77. The van der Waals surface area contributed by atoms with Crippen molar-refractivity contribution in [3.63, 3.8) is 0 Å². The minimum absolute atomic E-state index is 0.195. The van der Waals surface area contributed by atoms with Crippen LogP contribution in [-0.4, -0.2) is 15.9 Å². The van der Waals surface area contributed by atoms with Gasteiger partial charge in [-0.15, -0.1) is 0 Å². The molecule has 5 rings (SSSR count). The average molecular weight is 461 g/mol. The number of carbonyl (C=O) groups is 1. The van der Waals surface area contributed by atoms with Gasteiger partial charge < -0.3 is 15.4 Å². The second-order valence-corrected chi connectivity index (χ2v) is 8.03. The van der Waals surface area contributed by atoms with Gasteiger partial charge in [0.15, 0.2) is 0 Å². The summed E-state index contributed by atoms with van der Waals surface area (Å²) in [6.07, 6.45) is 6.11. The Morgan fingerprint density at radius 2 is 1.66 bits per heavy atom. The van der Waals surface area contributed by atoms with Crippen LogP contribution in [0.2, 0.25) is 0 Å². The maximum absolute atomic E-state index is 12.8. The minimum Gasteiger partial charge on any atom is -0.457 e. The van der Waals surface area contributed by atoms with Crippen LogP contribution in [0.25, 0.3) is 10.9 Å². The third-order valence-corrected chi connectivity index (χ3v) is 5.62. The summed E-state index contributed by atoms with van der Waals surface area (Å²) in [5.74, 6) is 1.11. The molecule has 172 valence electrons. The average Bonchev–Trinajstić information content (AvgIpc) is 2.90. The Morgan fingerprint density at radius 1 is 0.829 bits per heavy atom. The number of hydrogen-bond acceptors (Lipinski definition) is 5. The number of carbonyl (C=O) groups excluding carboxylic acids is 1. The van der Waals surface area contributed by atoms with Gasteiger partial charge in [-0.1, -0.05) is 25.1 Å². The monoisotopic (exact) mass is 460 g/mol. The molecule has 3 aromatic carbocycles. The SMILES string of the molecule is CCc1ccc2c(Nc3ccc(C(=O)Nc4cccc(Oc5ccncc5)c4)cc3)ccnc2c1. The third kappa shape index (κ3) is 5.28. The van der Waals surface area contributed by atoms with Crippen molar-refractivity contribution in [2.45, 2.75) is 13.3 Å². The molecule has 2 aromatic heterocycles. The molecule has 2 N–H and O–H groups in total. The maximum Gasteiger partial charge on any atom is 0.255 e. The largest absolute Gasteiger partial charge is 0.457 e. The zero-order valence-electron chi connectivity index (χ0n) is 19.2. The van der Waals surface area contributed by atoms with Crippen molar-refractivity contribution in [1.82, 2.24) is 9.97 Å².